The minimum absolute atomic E-state index is 0.134. The molecule has 3 aromatic rings. The van der Waals surface area contributed by atoms with Gasteiger partial charge in [-0.3, -0.25) is 9.59 Å². The molecule has 3 rings (SSSR count). The van der Waals surface area contributed by atoms with Gasteiger partial charge in [0.25, 0.3) is 11.8 Å². The Morgan fingerprint density at radius 3 is 2.41 bits per heavy atom. The molecule has 0 bridgehead atoms. The first-order valence-electron chi connectivity index (χ1n) is 10.6. The minimum atomic E-state index is -0.249. The van der Waals surface area contributed by atoms with Gasteiger partial charge in [-0.25, -0.2) is 0 Å². The van der Waals surface area contributed by atoms with Crippen molar-refractivity contribution in [2.24, 2.45) is 0 Å². The van der Waals surface area contributed by atoms with Gasteiger partial charge in [0.2, 0.25) is 0 Å². The lowest BCUT2D eigenvalue weighted by Gasteiger charge is -2.21. The lowest BCUT2D eigenvalue weighted by molar-refractivity contribution is -0.120. The number of benzene rings is 3. The number of nitrogens with zero attached hydrogens (tertiary/aromatic N) is 1. The molecule has 5 nitrogen and oxygen atoms in total. The zero-order valence-electron chi connectivity index (χ0n) is 18.3. The summed E-state index contributed by atoms with van der Waals surface area (Å²) in [4.78, 5) is 27.0. The van der Waals surface area contributed by atoms with E-state index in [9.17, 15) is 9.59 Å². The second-order valence-electron chi connectivity index (χ2n) is 7.37. The van der Waals surface area contributed by atoms with Crippen molar-refractivity contribution >= 4 is 33.4 Å². The van der Waals surface area contributed by atoms with Gasteiger partial charge in [0.15, 0.2) is 6.61 Å². The van der Waals surface area contributed by atoms with Crippen LogP contribution in [0.3, 0.4) is 0 Å². The van der Waals surface area contributed by atoms with Gasteiger partial charge in [-0.05, 0) is 64.2 Å². The zero-order valence-corrected chi connectivity index (χ0v) is 19.9. The highest BCUT2D eigenvalue weighted by atomic mass is 79.9. The Morgan fingerprint density at radius 2 is 1.69 bits per heavy atom. The topological polar surface area (TPSA) is 58.6 Å². The standard InChI is InChI=1S/C26H27BrN2O3/c1-3-19-13-14-24(22(27)17-19)32-18-25(30)29(2)23-12-8-7-11-21(23)26(31)28-16-15-20-9-5-4-6-10-20/h4-14,17H,3,15-16,18H2,1-2H3,(H,28,31). The van der Waals surface area contributed by atoms with E-state index in [0.29, 0.717) is 23.5 Å². The number of aryl methyl sites for hydroxylation is 1. The fourth-order valence-electron chi connectivity index (χ4n) is 3.27. The summed E-state index contributed by atoms with van der Waals surface area (Å²) in [6, 6.07) is 22.9. The molecule has 3 aromatic carbocycles. The van der Waals surface area contributed by atoms with Crippen LogP contribution in [0.15, 0.2) is 77.3 Å². The number of anilines is 1. The molecule has 0 fully saturated rings. The maximum absolute atomic E-state index is 12.8. The van der Waals surface area contributed by atoms with Crippen molar-refractivity contribution in [1.29, 1.82) is 0 Å². The van der Waals surface area contributed by atoms with Crippen LogP contribution in [0.5, 0.6) is 5.75 Å². The molecule has 1 N–H and O–H groups in total. The fourth-order valence-corrected chi connectivity index (χ4v) is 3.81. The predicted molar refractivity (Wildman–Crippen MR) is 131 cm³/mol. The van der Waals surface area contributed by atoms with E-state index in [-0.39, 0.29) is 18.4 Å². The molecule has 0 aliphatic rings. The Balaban J connectivity index is 1.61. The lowest BCUT2D eigenvalue weighted by Crippen LogP contribution is -2.34. The molecule has 0 saturated carbocycles. The summed E-state index contributed by atoms with van der Waals surface area (Å²) in [6.45, 7) is 2.46. The summed E-state index contributed by atoms with van der Waals surface area (Å²) >= 11 is 3.49. The lowest BCUT2D eigenvalue weighted by atomic mass is 10.1. The molecule has 0 aromatic heterocycles. The van der Waals surface area contributed by atoms with Crippen molar-refractivity contribution < 1.29 is 14.3 Å². The van der Waals surface area contributed by atoms with Gasteiger partial charge in [-0.2, -0.15) is 0 Å². The molecular weight excluding hydrogens is 468 g/mol. The molecule has 0 aliphatic heterocycles. The molecule has 6 heteroatoms. The number of carbonyl (C=O) groups excluding carboxylic acids is 2. The van der Waals surface area contributed by atoms with Crippen LogP contribution >= 0.6 is 15.9 Å². The van der Waals surface area contributed by atoms with Gasteiger partial charge >= 0.3 is 0 Å². The van der Waals surface area contributed by atoms with Crippen LogP contribution in [0.2, 0.25) is 0 Å². The summed E-state index contributed by atoms with van der Waals surface area (Å²) in [5.74, 6) is 0.145. The quantitative estimate of drug-likeness (QED) is 0.453. The number of hydrogen-bond acceptors (Lipinski definition) is 3. The number of amides is 2. The first-order valence-corrected chi connectivity index (χ1v) is 11.4. The van der Waals surface area contributed by atoms with Gasteiger partial charge in [-0.1, -0.05) is 55.5 Å². The molecular formula is C26H27BrN2O3. The SMILES string of the molecule is CCc1ccc(OCC(=O)N(C)c2ccccc2C(=O)NCCc2ccccc2)c(Br)c1. The number of hydrogen-bond donors (Lipinski definition) is 1. The average Bonchev–Trinajstić information content (AvgIpc) is 2.83. The number of ether oxygens (including phenoxy) is 1. The molecule has 0 spiro atoms. The highest BCUT2D eigenvalue weighted by Gasteiger charge is 2.19. The van der Waals surface area contributed by atoms with Gasteiger partial charge < -0.3 is 15.0 Å². The number of likely N-dealkylation sites (N-methyl/N-ethyl adjacent to an activating group) is 1. The average molecular weight is 495 g/mol. The van der Waals surface area contributed by atoms with Crippen LogP contribution in [0.4, 0.5) is 5.69 Å². The van der Waals surface area contributed by atoms with Crippen LogP contribution in [-0.2, 0) is 17.6 Å². The molecule has 32 heavy (non-hydrogen) atoms. The molecule has 0 saturated heterocycles. The van der Waals surface area contributed by atoms with E-state index >= 15 is 0 Å². The number of carbonyl (C=O) groups is 2. The van der Waals surface area contributed by atoms with E-state index in [1.807, 2.05) is 48.5 Å². The monoisotopic (exact) mass is 494 g/mol. The minimum Gasteiger partial charge on any atom is -0.483 e. The third-order valence-corrected chi connectivity index (χ3v) is 5.80. The van der Waals surface area contributed by atoms with Gasteiger partial charge in [0.05, 0.1) is 15.7 Å². The first kappa shape index (κ1) is 23.5. The molecule has 0 radical (unpaired) electrons. The van der Waals surface area contributed by atoms with Crippen LogP contribution in [-0.4, -0.2) is 32.0 Å². The number of rotatable bonds is 9. The number of nitrogens with one attached hydrogen (secondary N) is 1. The van der Waals surface area contributed by atoms with Crippen LogP contribution < -0.4 is 15.0 Å². The number of para-hydroxylation sites is 1. The maximum atomic E-state index is 12.8. The normalized spacial score (nSPS) is 10.5. The second kappa shape index (κ2) is 11.5. The second-order valence-corrected chi connectivity index (χ2v) is 8.22. The Morgan fingerprint density at radius 1 is 0.969 bits per heavy atom. The van der Waals surface area contributed by atoms with Crippen molar-refractivity contribution in [3.8, 4) is 5.75 Å². The van der Waals surface area contributed by atoms with Crippen molar-refractivity contribution in [2.45, 2.75) is 19.8 Å². The predicted octanol–water partition coefficient (Wildman–Crippen LogP) is 5.03. The van der Waals surface area contributed by atoms with Crippen molar-refractivity contribution in [3.05, 3.63) is 94.0 Å². The third-order valence-electron chi connectivity index (χ3n) is 5.18. The Hall–Kier alpha value is -3.12. The van der Waals surface area contributed by atoms with E-state index in [0.717, 1.165) is 22.9 Å². The van der Waals surface area contributed by atoms with Gasteiger partial charge in [-0.15, -0.1) is 0 Å². The van der Waals surface area contributed by atoms with Crippen molar-refractivity contribution in [2.75, 3.05) is 25.1 Å². The number of halogens is 1. The summed E-state index contributed by atoms with van der Waals surface area (Å²) in [5.41, 5.74) is 3.33. The van der Waals surface area contributed by atoms with Crippen LogP contribution in [0, 0.1) is 0 Å². The zero-order chi connectivity index (χ0) is 22.9. The summed E-state index contributed by atoms with van der Waals surface area (Å²) < 4.78 is 6.53. The Labute approximate surface area is 197 Å². The summed E-state index contributed by atoms with van der Waals surface area (Å²) in [6.07, 6.45) is 1.66. The molecule has 0 aliphatic carbocycles. The summed E-state index contributed by atoms with van der Waals surface area (Å²) in [7, 11) is 1.65. The van der Waals surface area contributed by atoms with E-state index in [1.54, 1.807) is 31.3 Å². The van der Waals surface area contributed by atoms with E-state index in [2.05, 4.69) is 28.2 Å². The Kier molecular flexibility index (Phi) is 8.45. The summed E-state index contributed by atoms with van der Waals surface area (Å²) in [5, 5.41) is 2.94. The molecule has 2 amide bonds. The van der Waals surface area contributed by atoms with E-state index in [4.69, 9.17) is 4.74 Å². The van der Waals surface area contributed by atoms with E-state index < -0.39 is 0 Å². The maximum Gasteiger partial charge on any atom is 0.264 e. The molecule has 0 atom stereocenters. The first-order chi connectivity index (χ1) is 15.5. The molecule has 0 heterocycles. The highest BCUT2D eigenvalue weighted by Crippen LogP contribution is 2.26. The van der Waals surface area contributed by atoms with Crippen LogP contribution in [0.1, 0.15) is 28.4 Å². The molecule has 166 valence electrons. The highest BCUT2D eigenvalue weighted by molar-refractivity contribution is 9.10. The van der Waals surface area contributed by atoms with E-state index in [1.165, 1.54) is 10.5 Å². The van der Waals surface area contributed by atoms with Gasteiger partial charge in [0, 0.05) is 13.6 Å². The largest absolute Gasteiger partial charge is 0.483 e. The third kappa shape index (κ3) is 6.20. The smallest absolute Gasteiger partial charge is 0.264 e. The van der Waals surface area contributed by atoms with Crippen molar-refractivity contribution in [1.82, 2.24) is 5.32 Å². The van der Waals surface area contributed by atoms with Gasteiger partial charge in [0.1, 0.15) is 5.75 Å². The van der Waals surface area contributed by atoms with Crippen molar-refractivity contribution in [3.63, 3.8) is 0 Å². The fraction of sp³-hybridized carbons (Fsp3) is 0.231. The Bertz CT molecular complexity index is 1070. The van der Waals surface area contributed by atoms with Crippen LogP contribution in [0.25, 0.3) is 0 Å². The molecule has 0 unspecified atom stereocenters.